The lowest BCUT2D eigenvalue weighted by Crippen LogP contribution is -2.49. The Bertz CT molecular complexity index is 819. The number of amides is 1. The van der Waals surface area contributed by atoms with Crippen LogP contribution in [0.3, 0.4) is 0 Å². The second-order valence-corrected chi connectivity index (χ2v) is 6.74. The van der Waals surface area contributed by atoms with Crippen molar-refractivity contribution in [3.8, 4) is 6.07 Å². The Kier molecular flexibility index (Phi) is 5.89. The molecule has 3 rings (SSSR count). The number of rotatable bonds is 5. The number of piperazine rings is 1. The number of carbonyl (C=O) groups is 1. The Balaban J connectivity index is 1.50. The second-order valence-electron chi connectivity index (χ2n) is 6.74. The average Bonchev–Trinajstić information content (AvgIpc) is 2.69. The minimum Gasteiger partial charge on any atom is -0.378 e. The fourth-order valence-electron chi connectivity index (χ4n) is 3.10. The van der Waals surface area contributed by atoms with E-state index >= 15 is 0 Å². The van der Waals surface area contributed by atoms with Gasteiger partial charge in [0.25, 0.3) is 0 Å². The number of hydrogen-bond donors (Lipinski definition) is 1. The average molecular weight is 364 g/mol. The lowest BCUT2D eigenvalue weighted by atomic mass is 10.2. The van der Waals surface area contributed by atoms with Gasteiger partial charge in [0.15, 0.2) is 0 Å². The molecule has 1 saturated heterocycles. The van der Waals surface area contributed by atoms with Gasteiger partial charge in [0.05, 0.1) is 12.1 Å². The van der Waals surface area contributed by atoms with E-state index in [1.165, 1.54) is 0 Å². The topological polar surface area (TPSA) is 75.5 Å². The molecule has 2 heterocycles. The summed E-state index contributed by atoms with van der Waals surface area (Å²) in [5, 5.41) is 12.2. The molecule has 0 unspecified atom stereocenters. The molecule has 0 atom stereocenters. The van der Waals surface area contributed by atoms with E-state index in [-0.39, 0.29) is 5.91 Å². The summed E-state index contributed by atoms with van der Waals surface area (Å²) in [5.41, 5.74) is 2.48. The van der Waals surface area contributed by atoms with Crippen LogP contribution < -0.4 is 15.1 Å². The molecule has 27 heavy (non-hydrogen) atoms. The number of nitrogens with zero attached hydrogens (tertiary/aromatic N) is 5. The lowest BCUT2D eigenvalue weighted by Gasteiger charge is -2.35. The number of hydrogen-bond acceptors (Lipinski definition) is 6. The van der Waals surface area contributed by atoms with Crippen LogP contribution in [0.25, 0.3) is 0 Å². The van der Waals surface area contributed by atoms with Crippen molar-refractivity contribution in [3.05, 3.63) is 48.2 Å². The zero-order valence-electron chi connectivity index (χ0n) is 15.7. The number of nitrogens with one attached hydrogen (secondary N) is 1. The molecular weight excluding hydrogens is 340 g/mol. The van der Waals surface area contributed by atoms with Gasteiger partial charge in [-0.1, -0.05) is 0 Å². The van der Waals surface area contributed by atoms with E-state index in [0.717, 1.165) is 43.4 Å². The highest BCUT2D eigenvalue weighted by Crippen LogP contribution is 2.18. The van der Waals surface area contributed by atoms with Crippen LogP contribution in [0.4, 0.5) is 17.2 Å². The summed E-state index contributed by atoms with van der Waals surface area (Å²) in [6.45, 7) is 3.37. The monoisotopic (exact) mass is 364 g/mol. The Hall–Kier alpha value is -3.11. The van der Waals surface area contributed by atoms with Crippen molar-refractivity contribution >= 4 is 23.1 Å². The van der Waals surface area contributed by atoms with E-state index in [4.69, 9.17) is 0 Å². The zero-order valence-corrected chi connectivity index (χ0v) is 15.7. The number of benzene rings is 1. The predicted molar refractivity (Wildman–Crippen MR) is 107 cm³/mol. The van der Waals surface area contributed by atoms with E-state index in [2.05, 4.69) is 26.2 Å². The number of carbonyl (C=O) groups excluding carboxylic acids is 1. The summed E-state index contributed by atoms with van der Waals surface area (Å²) >= 11 is 0. The van der Waals surface area contributed by atoms with Crippen molar-refractivity contribution in [2.24, 2.45) is 0 Å². The van der Waals surface area contributed by atoms with Crippen molar-refractivity contribution in [1.82, 2.24) is 9.88 Å². The summed E-state index contributed by atoms with van der Waals surface area (Å²) in [7, 11) is 3.97. The van der Waals surface area contributed by atoms with Gasteiger partial charge in [-0.2, -0.15) is 5.26 Å². The summed E-state index contributed by atoms with van der Waals surface area (Å²) in [4.78, 5) is 22.9. The third-order valence-electron chi connectivity index (χ3n) is 4.61. The van der Waals surface area contributed by atoms with E-state index in [1.807, 2.05) is 43.3 Å². The summed E-state index contributed by atoms with van der Waals surface area (Å²) in [6, 6.07) is 13.5. The minimum atomic E-state index is -0.0170. The van der Waals surface area contributed by atoms with Crippen LogP contribution in [0, 0.1) is 11.3 Å². The number of aromatic nitrogens is 1. The SMILES string of the molecule is CN(C)c1ccc(NC(=O)CN2CCN(c3ncccc3C#N)CC2)cc1. The molecule has 1 aromatic heterocycles. The molecule has 1 N–H and O–H groups in total. The zero-order chi connectivity index (χ0) is 19.2. The lowest BCUT2D eigenvalue weighted by molar-refractivity contribution is -0.117. The van der Waals surface area contributed by atoms with Gasteiger partial charge in [-0.25, -0.2) is 4.98 Å². The number of anilines is 3. The van der Waals surface area contributed by atoms with Gasteiger partial charge >= 0.3 is 0 Å². The summed E-state index contributed by atoms with van der Waals surface area (Å²) in [5.74, 6) is 0.710. The molecule has 0 aliphatic carbocycles. The highest BCUT2D eigenvalue weighted by Gasteiger charge is 2.21. The minimum absolute atomic E-state index is 0.0170. The predicted octanol–water partition coefficient (Wildman–Crippen LogP) is 1.78. The smallest absolute Gasteiger partial charge is 0.238 e. The van der Waals surface area contributed by atoms with Gasteiger partial charge in [-0.05, 0) is 36.4 Å². The van der Waals surface area contributed by atoms with Crippen molar-refractivity contribution in [2.75, 3.05) is 61.9 Å². The maximum absolute atomic E-state index is 12.3. The summed E-state index contributed by atoms with van der Waals surface area (Å²) < 4.78 is 0. The van der Waals surface area contributed by atoms with Crippen LogP contribution >= 0.6 is 0 Å². The first-order valence-electron chi connectivity index (χ1n) is 8.96. The van der Waals surface area contributed by atoms with Gasteiger partial charge in [0, 0.05) is 57.8 Å². The third-order valence-corrected chi connectivity index (χ3v) is 4.61. The highest BCUT2D eigenvalue weighted by molar-refractivity contribution is 5.92. The van der Waals surface area contributed by atoms with E-state index in [0.29, 0.717) is 12.1 Å². The first kappa shape index (κ1) is 18.7. The van der Waals surface area contributed by atoms with E-state index in [9.17, 15) is 10.1 Å². The molecule has 0 spiro atoms. The molecule has 1 fully saturated rings. The van der Waals surface area contributed by atoms with Crippen molar-refractivity contribution < 1.29 is 4.79 Å². The maximum Gasteiger partial charge on any atom is 0.238 e. The van der Waals surface area contributed by atoms with Gasteiger partial charge in [0.1, 0.15) is 11.9 Å². The molecule has 140 valence electrons. The van der Waals surface area contributed by atoms with Crippen molar-refractivity contribution in [2.45, 2.75) is 0 Å². The van der Waals surface area contributed by atoms with Crippen molar-refractivity contribution in [1.29, 1.82) is 5.26 Å². The van der Waals surface area contributed by atoms with Gasteiger partial charge in [-0.15, -0.1) is 0 Å². The quantitative estimate of drug-likeness (QED) is 0.872. The van der Waals surface area contributed by atoms with Crippen LogP contribution in [-0.2, 0) is 4.79 Å². The number of nitriles is 1. The summed E-state index contributed by atoms with van der Waals surface area (Å²) in [6.07, 6.45) is 1.71. The van der Waals surface area contributed by atoms with Gasteiger partial charge < -0.3 is 15.1 Å². The van der Waals surface area contributed by atoms with Crippen LogP contribution in [0.1, 0.15) is 5.56 Å². The fraction of sp³-hybridized carbons (Fsp3) is 0.350. The third kappa shape index (κ3) is 4.74. The van der Waals surface area contributed by atoms with Crippen LogP contribution in [0.15, 0.2) is 42.6 Å². The first-order valence-corrected chi connectivity index (χ1v) is 8.96. The van der Waals surface area contributed by atoms with Crippen LogP contribution in [0.2, 0.25) is 0 Å². The van der Waals surface area contributed by atoms with Crippen molar-refractivity contribution in [3.63, 3.8) is 0 Å². The van der Waals surface area contributed by atoms with E-state index in [1.54, 1.807) is 18.3 Å². The van der Waals surface area contributed by atoms with Crippen LogP contribution in [0.5, 0.6) is 0 Å². The van der Waals surface area contributed by atoms with E-state index < -0.39 is 0 Å². The Morgan fingerprint density at radius 3 is 2.52 bits per heavy atom. The molecule has 2 aromatic rings. The maximum atomic E-state index is 12.3. The molecule has 0 saturated carbocycles. The fourth-order valence-corrected chi connectivity index (χ4v) is 3.10. The number of pyridine rings is 1. The Morgan fingerprint density at radius 2 is 1.89 bits per heavy atom. The Labute approximate surface area is 159 Å². The second kappa shape index (κ2) is 8.52. The molecule has 7 nitrogen and oxygen atoms in total. The molecule has 0 radical (unpaired) electrons. The first-order chi connectivity index (χ1) is 13.1. The normalized spacial score (nSPS) is 14.5. The molecule has 1 aliphatic heterocycles. The van der Waals surface area contributed by atoms with Gasteiger partial charge in [-0.3, -0.25) is 9.69 Å². The van der Waals surface area contributed by atoms with Crippen LogP contribution in [-0.4, -0.2) is 62.6 Å². The molecule has 1 amide bonds. The molecule has 0 bridgehead atoms. The molecule has 1 aromatic carbocycles. The largest absolute Gasteiger partial charge is 0.378 e. The van der Waals surface area contributed by atoms with Gasteiger partial charge in [0.2, 0.25) is 5.91 Å². The standard InChI is InChI=1S/C20H24N6O/c1-24(2)18-7-5-17(6-8-18)23-19(27)15-25-10-12-26(13-11-25)20-16(14-21)4-3-9-22-20/h3-9H,10-13,15H2,1-2H3,(H,23,27). The highest BCUT2D eigenvalue weighted by atomic mass is 16.2. The molecular formula is C20H24N6O. The molecule has 7 heteroatoms. The Morgan fingerprint density at radius 1 is 1.19 bits per heavy atom. The molecule has 1 aliphatic rings.